The van der Waals surface area contributed by atoms with E-state index in [1.807, 2.05) is 30.3 Å². The third kappa shape index (κ3) is 4.20. The minimum Gasteiger partial charge on any atom is -0.497 e. The van der Waals surface area contributed by atoms with Crippen LogP contribution in [0.2, 0.25) is 0 Å². The monoisotopic (exact) mass is 368 g/mol. The van der Waals surface area contributed by atoms with Crippen LogP contribution in [0.15, 0.2) is 53.2 Å². The van der Waals surface area contributed by atoms with Crippen molar-refractivity contribution in [1.82, 2.24) is 5.16 Å². The summed E-state index contributed by atoms with van der Waals surface area (Å²) in [7, 11) is 4.72. The first kappa shape index (κ1) is 18.3. The number of nitrogens with one attached hydrogen (secondary N) is 1. The average Bonchev–Trinajstić information content (AvgIpc) is 3.15. The van der Waals surface area contributed by atoms with E-state index >= 15 is 0 Å². The summed E-state index contributed by atoms with van der Waals surface area (Å²) in [4.78, 5) is 12.4. The number of carbonyl (C=O) groups excluding carboxylic acids is 1. The first-order chi connectivity index (χ1) is 13.1. The second-order valence-electron chi connectivity index (χ2n) is 5.71. The van der Waals surface area contributed by atoms with Crippen molar-refractivity contribution in [3.05, 3.63) is 54.2 Å². The highest BCUT2D eigenvalue weighted by Gasteiger charge is 2.15. The molecular weight excluding hydrogens is 348 g/mol. The fourth-order valence-corrected chi connectivity index (χ4v) is 2.65. The third-order valence-corrected chi connectivity index (χ3v) is 4.04. The van der Waals surface area contributed by atoms with Gasteiger partial charge in [0.15, 0.2) is 11.5 Å². The highest BCUT2D eigenvalue weighted by atomic mass is 16.5. The van der Waals surface area contributed by atoms with Crippen LogP contribution >= 0.6 is 0 Å². The summed E-state index contributed by atoms with van der Waals surface area (Å²) in [5, 5.41) is 6.55. The van der Waals surface area contributed by atoms with Gasteiger partial charge in [0.2, 0.25) is 11.8 Å². The van der Waals surface area contributed by atoms with Crippen molar-refractivity contribution in [2.75, 3.05) is 26.6 Å². The van der Waals surface area contributed by atoms with E-state index in [-0.39, 0.29) is 12.3 Å². The molecule has 2 aromatic carbocycles. The fourth-order valence-electron chi connectivity index (χ4n) is 2.65. The summed E-state index contributed by atoms with van der Waals surface area (Å²) in [6.07, 6.45) is 1.72. The van der Waals surface area contributed by atoms with Gasteiger partial charge in [-0.25, -0.2) is 0 Å². The van der Waals surface area contributed by atoms with Gasteiger partial charge in [0, 0.05) is 0 Å². The zero-order chi connectivity index (χ0) is 19.2. The van der Waals surface area contributed by atoms with Crippen molar-refractivity contribution in [3.8, 4) is 28.4 Å². The maximum Gasteiger partial charge on any atom is 0.239 e. The molecule has 0 fully saturated rings. The van der Waals surface area contributed by atoms with Crippen LogP contribution in [0.4, 0.5) is 5.88 Å². The van der Waals surface area contributed by atoms with E-state index in [0.29, 0.717) is 22.9 Å². The highest BCUT2D eigenvalue weighted by molar-refractivity contribution is 5.94. The Morgan fingerprint density at radius 2 is 1.74 bits per heavy atom. The van der Waals surface area contributed by atoms with E-state index in [1.165, 1.54) is 0 Å². The maximum absolute atomic E-state index is 12.4. The van der Waals surface area contributed by atoms with Gasteiger partial charge in [-0.3, -0.25) is 10.1 Å². The molecule has 0 aliphatic rings. The molecule has 0 saturated heterocycles. The Kier molecular flexibility index (Phi) is 5.61. The van der Waals surface area contributed by atoms with Crippen LogP contribution in [0, 0.1) is 0 Å². The number of anilines is 1. The molecule has 7 nitrogen and oxygen atoms in total. The number of ether oxygens (including phenoxy) is 3. The van der Waals surface area contributed by atoms with Crippen LogP contribution in [0.25, 0.3) is 11.1 Å². The van der Waals surface area contributed by atoms with Crippen molar-refractivity contribution in [3.63, 3.8) is 0 Å². The highest BCUT2D eigenvalue weighted by Crippen LogP contribution is 2.30. The molecule has 0 aliphatic carbocycles. The lowest BCUT2D eigenvalue weighted by Crippen LogP contribution is -2.14. The number of methoxy groups -OCH3 is 3. The predicted molar refractivity (Wildman–Crippen MR) is 100 cm³/mol. The second kappa shape index (κ2) is 8.27. The van der Waals surface area contributed by atoms with Gasteiger partial charge in [0.1, 0.15) is 5.75 Å². The Hall–Kier alpha value is -3.48. The SMILES string of the molecule is COc1ccc(-c2cnoc2NC(=O)Cc2ccc(OC)c(OC)c2)cc1. The van der Waals surface area contributed by atoms with Gasteiger partial charge in [-0.2, -0.15) is 0 Å². The molecule has 0 spiro atoms. The quantitative estimate of drug-likeness (QED) is 0.687. The van der Waals surface area contributed by atoms with E-state index in [4.69, 9.17) is 18.7 Å². The molecule has 0 unspecified atom stereocenters. The van der Waals surface area contributed by atoms with Crippen molar-refractivity contribution < 1.29 is 23.5 Å². The number of hydrogen-bond donors (Lipinski definition) is 1. The Balaban J connectivity index is 1.73. The molecule has 1 heterocycles. The van der Waals surface area contributed by atoms with E-state index in [9.17, 15) is 4.79 Å². The second-order valence-corrected chi connectivity index (χ2v) is 5.71. The van der Waals surface area contributed by atoms with Gasteiger partial charge < -0.3 is 18.7 Å². The van der Waals surface area contributed by atoms with Crippen molar-refractivity contribution in [2.24, 2.45) is 0 Å². The third-order valence-electron chi connectivity index (χ3n) is 4.04. The van der Waals surface area contributed by atoms with E-state index in [0.717, 1.165) is 16.9 Å². The van der Waals surface area contributed by atoms with E-state index in [2.05, 4.69) is 10.5 Å². The molecular formula is C20H20N2O5. The zero-order valence-electron chi connectivity index (χ0n) is 15.3. The molecule has 3 aromatic rings. The summed E-state index contributed by atoms with van der Waals surface area (Å²) in [6, 6.07) is 12.7. The van der Waals surface area contributed by atoms with Gasteiger partial charge in [-0.1, -0.05) is 23.4 Å². The van der Waals surface area contributed by atoms with Gasteiger partial charge in [0.05, 0.1) is 39.5 Å². The van der Waals surface area contributed by atoms with Crippen LogP contribution in [0.3, 0.4) is 0 Å². The minimum atomic E-state index is -0.228. The number of carbonyl (C=O) groups is 1. The zero-order valence-corrected chi connectivity index (χ0v) is 15.3. The lowest BCUT2D eigenvalue weighted by Gasteiger charge is -2.09. The summed E-state index contributed by atoms with van der Waals surface area (Å²) >= 11 is 0. The largest absolute Gasteiger partial charge is 0.497 e. The topological polar surface area (TPSA) is 82.8 Å². The van der Waals surface area contributed by atoms with Gasteiger partial charge in [-0.15, -0.1) is 0 Å². The molecule has 0 aliphatic heterocycles. The van der Waals surface area contributed by atoms with E-state index in [1.54, 1.807) is 39.7 Å². The van der Waals surface area contributed by atoms with Gasteiger partial charge in [-0.05, 0) is 35.4 Å². The molecule has 0 atom stereocenters. The predicted octanol–water partition coefficient (Wildman–Crippen LogP) is 3.55. The van der Waals surface area contributed by atoms with Crippen LogP contribution in [0.1, 0.15) is 5.56 Å². The van der Waals surface area contributed by atoms with E-state index < -0.39 is 0 Å². The molecule has 1 N–H and O–H groups in total. The molecule has 27 heavy (non-hydrogen) atoms. The number of rotatable bonds is 7. The number of benzene rings is 2. The number of hydrogen-bond acceptors (Lipinski definition) is 6. The summed E-state index contributed by atoms with van der Waals surface area (Å²) in [5.74, 6) is 1.99. The first-order valence-corrected chi connectivity index (χ1v) is 8.24. The fraction of sp³-hybridized carbons (Fsp3) is 0.200. The lowest BCUT2D eigenvalue weighted by molar-refractivity contribution is -0.115. The Morgan fingerprint density at radius 3 is 2.41 bits per heavy atom. The lowest BCUT2D eigenvalue weighted by atomic mass is 10.1. The molecule has 1 aromatic heterocycles. The van der Waals surface area contributed by atoms with Crippen molar-refractivity contribution in [1.29, 1.82) is 0 Å². The van der Waals surface area contributed by atoms with Crippen molar-refractivity contribution >= 4 is 11.8 Å². The van der Waals surface area contributed by atoms with Crippen molar-refractivity contribution in [2.45, 2.75) is 6.42 Å². The molecule has 3 rings (SSSR count). The average molecular weight is 368 g/mol. The Bertz CT molecular complexity index is 918. The molecule has 7 heteroatoms. The Morgan fingerprint density at radius 1 is 1.00 bits per heavy atom. The minimum absolute atomic E-state index is 0.156. The van der Waals surface area contributed by atoms with Gasteiger partial charge >= 0.3 is 0 Å². The van der Waals surface area contributed by atoms with Crippen LogP contribution in [-0.2, 0) is 11.2 Å². The van der Waals surface area contributed by atoms with Gasteiger partial charge in [0.25, 0.3) is 0 Å². The summed E-state index contributed by atoms with van der Waals surface area (Å²) < 4.78 is 20.8. The molecule has 0 radical (unpaired) electrons. The maximum atomic E-state index is 12.4. The molecule has 0 bridgehead atoms. The smallest absolute Gasteiger partial charge is 0.239 e. The molecule has 0 saturated carbocycles. The number of nitrogens with zero attached hydrogens (tertiary/aromatic N) is 1. The Labute approximate surface area is 156 Å². The standard InChI is InChI=1S/C20H20N2O5/c1-24-15-7-5-14(6-8-15)16-12-21-27-20(16)22-19(23)11-13-4-9-17(25-2)18(10-13)26-3/h4-10,12H,11H2,1-3H3,(H,22,23). The first-order valence-electron chi connectivity index (χ1n) is 8.24. The van der Waals surface area contributed by atoms with Crippen LogP contribution in [-0.4, -0.2) is 32.4 Å². The van der Waals surface area contributed by atoms with Crippen LogP contribution in [0.5, 0.6) is 17.2 Å². The molecule has 140 valence electrons. The van der Waals surface area contributed by atoms with Crippen LogP contribution < -0.4 is 19.5 Å². The number of amides is 1. The molecule has 1 amide bonds. The summed E-state index contributed by atoms with van der Waals surface area (Å²) in [6.45, 7) is 0. The summed E-state index contributed by atoms with van der Waals surface area (Å²) in [5.41, 5.74) is 2.34. The normalized spacial score (nSPS) is 10.3. The number of aromatic nitrogens is 1.